The molecule has 27 heavy (non-hydrogen) atoms. The number of hydrogen-bond acceptors (Lipinski definition) is 5. The molecule has 3 heterocycles. The average Bonchev–Trinajstić information content (AvgIpc) is 2.56. The zero-order valence-electron chi connectivity index (χ0n) is 14.9. The summed E-state index contributed by atoms with van der Waals surface area (Å²) in [6.07, 6.45) is 1.57. The standard InChI is InChI=1S/C17H18BClFN5O2/c1-10-4-3-5-13(20)14(10)24-7-11-6-21-16(19)22-15(11)25(17(24)26)12-8-23(9-12)18(2)27/h3-6,12,27H,7-9H2,1-2H3. The maximum atomic E-state index is 14.5. The first-order valence-electron chi connectivity index (χ1n) is 8.66. The Balaban J connectivity index is 1.76. The highest BCUT2D eigenvalue weighted by Crippen LogP contribution is 2.36. The fraction of sp³-hybridized carbons (Fsp3) is 0.353. The Morgan fingerprint density at radius 3 is 2.78 bits per heavy atom. The Morgan fingerprint density at radius 2 is 2.11 bits per heavy atom. The van der Waals surface area contributed by atoms with E-state index in [1.807, 2.05) is 4.81 Å². The third-order valence-electron chi connectivity index (χ3n) is 5.05. The molecule has 2 aromatic rings. The van der Waals surface area contributed by atoms with Crippen molar-refractivity contribution in [2.75, 3.05) is 22.9 Å². The van der Waals surface area contributed by atoms with E-state index in [0.29, 0.717) is 30.0 Å². The lowest BCUT2D eigenvalue weighted by Crippen LogP contribution is -2.67. The van der Waals surface area contributed by atoms with Crippen molar-refractivity contribution < 1.29 is 14.2 Å². The number of aryl methyl sites for hydroxylation is 1. The first-order chi connectivity index (χ1) is 12.9. The van der Waals surface area contributed by atoms with Crippen LogP contribution in [0.2, 0.25) is 12.1 Å². The lowest BCUT2D eigenvalue weighted by molar-refractivity contribution is 0.209. The fourth-order valence-corrected chi connectivity index (χ4v) is 3.71. The molecule has 0 aliphatic carbocycles. The van der Waals surface area contributed by atoms with Gasteiger partial charge in [0.05, 0.1) is 18.3 Å². The van der Waals surface area contributed by atoms with Crippen LogP contribution in [0.3, 0.4) is 0 Å². The van der Waals surface area contributed by atoms with Crippen LogP contribution in [0, 0.1) is 12.7 Å². The third-order valence-corrected chi connectivity index (χ3v) is 5.23. The molecule has 2 aliphatic rings. The van der Waals surface area contributed by atoms with Crippen molar-refractivity contribution in [3.05, 3.63) is 46.6 Å². The van der Waals surface area contributed by atoms with E-state index in [9.17, 15) is 14.2 Å². The van der Waals surface area contributed by atoms with E-state index in [1.54, 1.807) is 32.1 Å². The molecule has 0 spiro atoms. The van der Waals surface area contributed by atoms with E-state index in [4.69, 9.17) is 11.6 Å². The van der Waals surface area contributed by atoms with Crippen molar-refractivity contribution in [2.24, 2.45) is 0 Å². The molecule has 1 aromatic heterocycles. The second kappa shape index (κ2) is 6.74. The molecule has 7 nitrogen and oxygen atoms in total. The van der Waals surface area contributed by atoms with Crippen LogP contribution in [-0.2, 0) is 6.54 Å². The number of nitrogens with zero attached hydrogens (tertiary/aromatic N) is 5. The molecule has 0 bridgehead atoms. The lowest BCUT2D eigenvalue weighted by atomic mass is 9.80. The topological polar surface area (TPSA) is 72.8 Å². The van der Waals surface area contributed by atoms with Crippen molar-refractivity contribution >= 4 is 36.2 Å². The summed E-state index contributed by atoms with van der Waals surface area (Å²) in [4.78, 5) is 26.4. The van der Waals surface area contributed by atoms with E-state index in [2.05, 4.69) is 9.97 Å². The Kier molecular flexibility index (Phi) is 4.53. The predicted molar refractivity (Wildman–Crippen MR) is 101 cm³/mol. The van der Waals surface area contributed by atoms with E-state index in [-0.39, 0.29) is 29.6 Å². The van der Waals surface area contributed by atoms with E-state index >= 15 is 0 Å². The van der Waals surface area contributed by atoms with Crippen LogP contribution in [-0.4, -0.2) is 52.0 Å². The van der Waals surface area contributed by atoms with Gasteiger partial charge in [-0.15, -0.1) is 0 Å². The third kappa shape index (κ3) is 3.05. The Labute approximate surface area is 161 Å². The van der Waals surface area contributed by atoms with Crippen LogP contribution in [0.4, 0.5) is 20.7 Å². The molecule has 1 aromatic carbocycles. The van der Waals surface area contributed by atoms with Crippen molar-refractivity contribution in [3.8, 4) is 0 Å². The molecular weight excluding hydrogens is 371 g/mol. The van der Waals surface area contributed by atoms with Crippen LogP contribution < -0.4 is 9.80 Å². The second-order valence-corrected chi connectivity index (χ2v) is 7.21. The zero-order valence-corrected chi connectivity index (χ0v) is 15.7. The van der Waals surface area contributed by atoms with E-state index in [1.165, 1.54) is 15.9 Å². The minimum atomic E-state index is -0.598. The Hall–Kier alpha value is -2.23. The quantitative estimate of drug-likeness (QED) is 0.644. The molecule has 1 fully saturated rings. The van der Waals surface area contributed by atoms with Gasteiger partial charge in [-0.1, -0.05) is 12.1 Å². The molecular formula is C17H18BClFN5O2. The largest absolute Gasteiger partial charge is 0.437 e. The molecule has 4 rings (SSSR count). The second-order valence-electron chi connectivity index (χ2n) is 6.87. The summed E-state index contributed by atoms with van der Waals surface area (Å²) in [5.74, 6) is -0.0127. The summed E-state index contributed by atoms with van der Waals surface area (Å²) in [7, 11) is -0.598. The van der Waals surface area contributed by atoms with Gasteiger partial charge in [-0.2, -0.15) is 4.98 Å². The summed E-state index contributed by atoms with van der Waals surface area (Å²) in [6, 6.07) is 4.17. The molecule has 140 valence electrons. The van der Waals surface area contributed by atoms with E-state index in [0.717, 1.165) is 0 Å². The van der Waals surface area contributed by atoms with Crippen molar-refractivity contribution in [1.82, 2.24) is 14.8 Å². The predicted octanol–water partition coefficient (Wildman–Crippen LogP) is 2.32. The van der Waals surface area contributed by atoms with Crippen LogP contribution in [0.5, 0.6) is 0 Å². The number of amides is 2. The average molecular weight is 390 g/mol. The minimum Gasteiger partial charge on any atom is -0.437 e. The maximum Gasteiger partial charge on any atom is 0.376 e. The van der Waals surface area contributed by atoms with Gasteiger partial charge >= 0.3 is 13.1 Å². The number of anilines is 2. The molecule has 0 saturated carbocycles. The summed E-state index contributed by atoms with van der Waals surface area (Å²) in [6.45, 7) is 4.60. The number of halogens is 2. The number of fused-ring (bicyclic) bond motifs is 1. The molecule has 10 heteroatoms. The summed E-state index contributed by atoms with van der Waals surface area (Å²) < 4.78 is 14.5. The van der Waals surface area contributed by atoms with Crippen molar-refractivity contribution in [1.29, 1.82) is 0 Å². The van der Waals surface area contributed by atoms with Crippen molar-refractivity contribution in [2.45, 2.75) is 26.3 Å². The molecule has 2 aliphatic heterocycles. The van der Waals surface area contributed by atoms with Gasteiger partial charge in [-0.05, 0) is 37.0 Å². The Morgan fingerprint density at radius 1 is 1.37 bits per heavy atom. The monoisotopic (exact) mass is 389 g/mol. The summed E-state index contributed by atoms with van der Waals surface area (Å²) >= 11 is 5.95. The molecule has 2 amide bonds. The molecule has 1 N–H and O–H groups in total. The van der Waals surface area contributed by atoms with Crippen LogP contribution in [0.1, 0.15) is 11.1 Å². The smallest absolute Gasteiger partial charge is 0.376 e. The lowest BCUT2D eigenvalue weighted by Gasteiger charge is -2.48. The SMILES string of the molecule is CB(O)N1CC(N2C(=O)N(c3c(C)cccc3F)Cc3cnc(Cl)nc32)C1. The van der Waals surface area contributed by atoms with Gasteiger partial charge in [0.1, 0.15) is 11.6 Å². The van der Waals surface area contributed by atoms with E-state index < -0.39 is 12.9 Å². The molecule has 0 atom stereocenters. The van der Waals surface area contributed by atoms with Gasteiger partial charge in [0.15, 0.2) is 0 Å². The highest BCUT2D eigenvalue weighted by atomic mass is 35.5. The number of para-hydroxylation sites is 1. The normalized spacial score (nSPS) is 17.7. The summed E-state index contributed by atoms with van der Waals surface area (Å²) in [5, 5.41) is 9.76. The fourth-order valence-electron chi connectivity index (χ4n) is 3.58. The number of carbonyl (C=O) groups excluding carboxylic acids is 1. The summed E-state index contributed by atoms with van der Waals surface area (Å²) in [5.41, 5.74) is 1.61. The number of urea groups is 1. The van der Waals surface area contributed by atoms with Crippen LogP contribution in [0.15, 0.2) is 24.4 Å². The Bertz CT molecular complexity index is 889. The number of hydrogen-bond donors (Lipinski definition) is 1. The van der Waals surface area contributed by atoms with Crippen LogP contribution in [0.25, 0.3) is 0 Å². The maximum absolute atomic E-state index is 14.5. The van der Waals surface area contributed by atoms with Gasteiger partial charge in [0.25, 0.3) is 0 Å². The zero-order chi connectivity index (χ0) is 19.3. The first kappa shape index (κ1) is 18.2. The first-order valence-corrected chi connectivity index (χ1v) is 9.04. The van der Waals surface area contributed by atoms with Crippen LogP contribution >= 0.6 is 11.6 Å². The highest BCUT2D eigenvalue weighted by molar-refractivity contribution is 6.45. The molecule has 0 unspecified atom stereocenters. The minimum absolute atomic E-state index is 0.0498. The van der Waals surface area contributed by atoms with Gasteiger partial charge in [-0.3, -0.25) is 9.80 Å². The van der Waals surface area contributed by atoms with Gasteiger partial charge in [-0.25, -0.2) is 14.2 Å². The molecule has 0 radical (unpaired) electrons. The number of rotatable bonds is 3. The van der Waals surface area contributed by atoms with Crippen molar-refractivity contribution in [3.63, 3.8) is 0 Å². The van der Waals surface area contributed by atoms with Gasteiger partial charge in [0.2, 0.25) is 5.28 Å². The van der Waals surface area contributed by atoms with Gasteiger partial charge in [0, 0.05) is 24.8 Å². The number of benzene rings is 1. The molecule has 1 saturated heterocycles. The number of aromatic nitrogens is 2. The van der Waals surface area contributed by atoms with Gasteiger partial charge < -0.3 is 9.83 Å². The number of carbonyl (C=O) groups is 1. The highest BCUT2D eigenvalue weighted by Gasteiger charge is 2.44.